The topological polar surface area (TPSA) is 38.3 Å². The van der Waals surface area contributed by atoms with Gasteiger partial charge in [-0.15, -0.1) is 0 Å². The summed E-state index contributed by atoms with van der Waals surface area (Å²) in [5, 5.41) is 2.48. The van der Waals surface area contributed by atoms with Crippen molar-refractivity contribution in [2.24, 2.45) is 0 Å². The quantitative estimate of drug-likeness (QED) is 0.836. The number of ether oxygens (including phenoxy) is 1. The first kappa shape index (κ1) is 12.5. The summed E-state index contributed by atoms with van der Waals surface area (Å²) in [5.41, 5.74) is 0.927. The van der Waals surface area contributed by atoms with Crippen LogP contribution in [0.2, 0.25) is 0 Å². The molecule has 0 fully saturated rings. The molecule has 0 aromatic heterocycles. The maximum absolute atomic E-state index is 12.4. The SMILES string of the molecule is CC(F)CCNC(=O)OCc1ccccc1. The highest BCUT2D eigenvalue weighted by Gasteiger charge is 2.03. The highest BCUT2D eigenvalue weighted by molar-refractivity contribution is 5.67. The van der Waals surface area contributed by atoms with Gasteiger partial charge >= 0.3 is 6.09 Å². The van der Waals surface area contributed by atoms with Gasteiger partial charge in [0, 0.05) is 6.54 Å². The molecule has 88 valence electrons. The smallest absolute Gasteiger partial charge is 0.407 e. The van der Waals surface area contributed by atoms with E-state index in [9.17, 15) is 9.18 Å². The number of nitrogens with one attached hydrogen (secondary N) is 1. The van der Waals surface area contributed by atoms with Crippen LogP contribution in [0.25, 0.3) is 0 Å². The Balaban J connectivity index is 2.16. The highest BCUT2D eigenvalue weighted by atomic mass is 19.1. The predicted octanol–water partition coefficient (Wildman–Crippen LogP) is 2.66. The number of halogens is 1. The Morgan fingerprint density at radius 2 is 2.12 bits per heavy atom. The second-order valence-corrected chi connectivity index (χ2v) is 3.56. The fraction of sp³-hybridized carbons (Fsp3) is 0.417. The minimum atomic E-state index is -0.908. The zero-order chi connectivity index (χ0) is 11.8. The van der Waals surface area contributed by atoms with Crippen LogP contribution in [-0.4, -0.2) is 18.8 Å². The third-order valence-corrected chi connectivity index (χ3v) is 2.02. The highest BCUT2D eigenvalue weighted by Crippen LogP contribution is 2.00. The molecule has 1 rings (SSSR count). The Hall–Kier alpha value is -1.58. The van der Waals surface area contributed by atoms with E-state index in [1.807, 2.05) is 30.3 Å². The molecule has 0 bridgehead atoms. The van der Waals surface area contributed by atoms with Gasteiger partial charge in [-0.1, -0.05) is 30.3 Å². The van der Waals surface area contributed by atoms with E-state index in [4.69, 9.17) is 4.74 Å². The minimum absolute atomic E-state index is 0.234. The van der Waals surface area contributed by atoms with Crippen molar-refractivity contribution in [3.8, 4) is 0 Å². The van der Waals surface area contributed by atoms with Gasteiger partial charge in [-0.2, -0.15) is 0 Å². The van der Waals surface area contributed by atoms with Crippen LogP contribution < -0.4 is 5.32 Å². The molecule has 1 aromatic carbocycles. The Bertz CT molecular complexity index is 314. The molecule has 0 saturated carbocycles. The van der Waals surface area contributed by atoms with Crippen LogP contribution in [0.3, 0.4) is 0 Å². The van der Waals surface area contributed by atoms with E-state index in [-0.39, 0.29) is 6.61 Å². The van der Waals surface area contributed by atoms with Crippen molar-refractivity contribution in [1.82, 2.24) is 5.32 Å². The lowest BCUT2D eigenvalue weighted by atomic mass is 10.2. The summed E-state index contributed by atoms with van der Waals surface area (Å²) < 4.78 is 17.3. The van der Waals surface area contributed by atoms with Crippen molar-refractivity contribution < 1.29 is 13.9 Å². The predicted molar refractivity (Wildman–Crippen MR) is 59.8 cm³/mol. The first-order valence-electron chi connectivity index (χ1n) is 5.27. The molecule has 16 heavy (non-hydrogen) atoms. The Morgan fingerprint density at radius 1 is 1.44 bits per heavy atom. The molecule has 1 unspecified atom stereocenters. The van der Waals surface area contributed by atoms with Crippen LogP contribution in [-0.2, 0) is 11.3 Å². The monoisotopic (exact) mass is 225 g/mol. The third kappa shape index (κ3) is 5.34. The van der Waals surface area contributed by atoms with Gasteiger partial charge in [0.25, 0.3) is 0 Å². The molecule has 3 nitrogen and oxygen atoms in total. The number of alkyl halides is 1. The molecule has 0 spiro atoms. The van der Waals surface area contributed by atoms with Crippen LogP contribution in [0, 0.1) is 0 Å². The lowest BCUT2D eigenvalue weighted by Gasteiger charge is -2.07. The van der Waals surface area contributed by atoms with E-state index in [2.05, 4.69) is 5.32 Å². The van der Waals surface area contributed by atoms with Crippen LogP contribution in [0.4, 0.5) is 9.18 Å². The number of carbonyl (C=O) groups is 1. The second kappa shape index (κ2) is 6.82. The number of hydrogen-bond donors (Lipinski definition) is 1. The summed E-state index contributed by atoms with van der Waals surface area (Å²) in [4.78, 5) is 11.1. The van der Waals surface area contributed by atoms with Gasteiger partial charge in [0.1, 0.15) is 6.61 Å². The first-order chi connectivity index (χ1) is 7.68. The molecule has 0 saturated heterocycles. The summed E-state index contributed by atoms with van der Waals surface area (Å²) in [6, 6.07) is 9.39. The first-order valence-corrected chi connectivity index (χ1v) is 5.27. The average molecular weight is 225 g/mol. The molecule has 0 aliphatic heterocycles. The molecule has 0 aliphatic rings. The Kier molecular flexibility index (Phi) is 5.32. The van der Waals surface area contributed by atoms with Crippen LogP contribution >= 0.6 is 0 Å². The zero-order valence-electron chi connectivity index (χ0n) is 9.28. The number of alkyl carbamates (subject to hydrolysis) is 1. The van der Waals surface area contributed by atoms with Crippen LogP contribution in [0.15, 0.2) is 30.3 Å². The van der Waals surface area contributed by atoms with E-state index in [1.165, 1.54) is 6.92 Å². The molecule has 1 atom stereocenters. The van der Waals surface area contributed by atoms with Crippen molar-refractivity contribution >= 4 is 6.09 Å². The molecule has 1 N–H and O–H groups in total. The van der Waals surface area contributed by atoms with Gasteiger partial charge in [-0.25, -0.2) is 9.18 Å². The normalized spacial score (nSPS) is 11.9. The summed E-state index contributed by atoms with van der Waals surface area (Å²) in [5.74, 6) is 0. The van der Waals surface area contributed by atoms with E-state index in [1.54, 1.807) is 0 Å². The van der Waals surface area contributed by atoms with E-state index in [0.29, 0.717) is 13.0 Å². The van der Waals surface area contributed by atoms with Gasteiger partial charge in [0.15, 0.2) is 0 Å². The lowest BCUT2D eigenvalue weighted by Crippen LogP contribution is -2.26. The molecule has 0 heterocycles. The van der Waals surface area contributed by atoms with Crippen molar-refractivity contribution in [2.75, 3.05) is 6.54 Å². The summed E-state index contributed by atoms with van der Waals surface area (Å²) in [7, 11) is 0. The fourth-order valence-corrected chi connectivity index (χ4v) is 1.15. The van der Waals surface area contributed by atoms with Crippen molar-refractivity contribution in [3.63, 3.8) is 0 Å². The summed E-state index contributed by atoms with van der Waals surface area (Å²) in [6.07, 6.45) is -1.11. The number of rotatable bonds is 5. The molecule has 4 heteroatoms. The standard InChI is InChI=1S/C12H16FNO2/c1-10(13)7-8-14-12(15)16-9-11-5-3-2-4-6-11/h2-6,10H,7-9H2,1H3,(H,14,15). The van der Waals surface area contributed by atoms with Gasteiger partial charge in [-0.05, 0) is 18.9 Å². The third-order valence-electron chi connectivity index (χ3n) is 2.02. The molecule has 0 radical (unpaired) electrons. The average Bonchev–Trinajstić information content (AvgIpc) is 2.27. The molecular weight excluding hydrogens is 209 g/mol. The summed E-state index contributed by atoms with van der Waals surface area (Å²) >= 11 is 0. The number of carbonyl (C=O) groups excluding carboxylic acids is 1. The maximum Gasteiger partial charge on any atom is 0.407 e. The summed E-state index contributed by atoms with van der Waals surface area (Å²) in [6.45, 7) is 1.99. The molecular formula is C12H16FNO2. The van der Waals surface area contributed by atoms with Crippen LogP contribution in [0.5, 0.6) is 0 Å². The van der Waals surface area contributed by atoms with E-state index in [0.717, 1.165) is 5.56 Å². The van der Waals surface area contributed by atoms with Gasteiger partial charge < -0.3 is 10.1 Å². The second-order valence-electron chi connectivity index (χ2n) is 3.56. The van der Waals surface area contributed by atoms with Gasteiger partial charge in [-0.3, -0.25) is 0 Å². The molecule has 1 amide bonds. The minimum Gasteiger partial charge on any atom is -0.445 e. The maximum atomic E-state index is 12.4. The number of amides is 1. The fourth-order valence-electron chi connectivity index (χ4n) is 1.15. The largest absolute Gasteiger partial charge is 0.445 e. The number of benzene rings is 1. The van der Waals surface area contributed by atoms with E-state index >= 15 is 0 Å². The van der Waals surface area contributed by atoms with E-state index < -0.39 is 12.3 Å². The van der Waals surface area contributed by atoms with Gasteiger partial charge in [0.2, 0.25) is 0 Å². The van der Waals surface area contributed by atoms with Crippen molar-refractivity contribution in [1.29, 1.82) is 0 Å². The lowest BCUT2D eigenvalue weighted by molar-refractivity contribution is 0.139. The number of hydrogen-bond acceptors (Lipinski definition) is 2. The van der Waals surface area contributed by atoms with Crippen LogP contribution in [0.1, 0.15) is 18.9 Å². The Morgan fingerprint density at radius 3 is 2.75 bits per heavy atom. The van der Waals surface area contributed by atoms with Crippen molar-refractivity contribution in [3.05, 3.63) is 35.9 Å². The Labute approximate surface area is 94.6 Å². The molecule has 0 aliphatic carbocycles. The van der Waals surface area contributed by atoms with Gasteiger partial charge in [0.05, 0.1) is 6.17 Å². The zero-order valence-corrected chi connectivity index (χ0v) is 9.28. The molecule has 1 aromatic rings. The van der Waals surface area contributed by atoms with Crippen molar-refractivity contribution in [2.45, 2.75) is 26.1 Å².